The second-order valence-electron chi connectivity index (χ2n) is 8.27. The van der Waals surface area contributed by atoms with Crippen molar-refractivity contribution >= 4 is 28.4 Å². The number of likely N-dealkylation sites (tertiary alicyclic amines) is 1. The predicted molar refractivity (Wildman–Crippen MR) is 131 cm³/mol. The molecule has 0 aliphatic carbocycles. The molecule has 0 bridgehead atoms. The number of carbonyl (C=O) groups excluding carboxylic acids is 2. The number of carbonyl (C=O) groups is 2. The summed E-state index contributed by atoms with van der Waals surface area (Å²) in [5.41, 5.74) is 5.29. The van der Waals surface area contributed by atoms with Crippen molar-refractivity contribution in [1.82, 2.24) is 19.9 Å². The van der Waals surface area contributed by atoms with Crippen LogP contribution in [0.3, 0.4) is 0 Å². The highest BCUT2D eigenvalue weighted by Gasteiger charge is 2.28. The summed E-state index contributed by atoms with van der Waals surface area (Å²) in [7, 11) is 0. The van der Waals surface area contributed by atoms with Gasteiger partial charge < -0.3 is 10.2 Å². The Balaban J connectivity index is 1.44. The lowest BCUT2D eigenvalue weighted by molar-refractivity contribution is -0.125. The van der Waals surface area contributed by atoms with Crippen LogP contribution in [0.25, 0.3) is 22.0 Å². The third kappa shape index (κ3) is 4.28. The number of anilines is 1. The summed E-state index contributed by atoms with van der Waals surface area (Å²) in [6.07, 6.45) is 8.88. The molecular formula is C27H23N5O2. The number of rotatable bonds is 5. The van der Waals surface area contributed by atoms with E-state index >= 15 is 0 Å². The van der Waals surface area contributed by atoms with Gasteiger partial charge in [0.25, 0.3) is 5.91 Å². The van der Waals surface area contributed by atoms with E-state index in [1.807, 2.05) is 35.4 Å². The van der Waals surface area contributed by atoms with Crippen LogP contribution in [0.15, 0.2) is 86.1 Å². The van der Waals surface area contributed by atoms with Crippen molar-refractivity contribution in [2.45, 2.75) is 12.3 Å². The average Bonchev–Trinajstić information content (AvgIpc) is 3.38. The SMILES string of the molecule is C=CC(=O)N1CCC(c2cc(-c3ccc(C(=O)Nc4ccncc4)cc3)cc3cncnc23)C1. The number of aromatic nitrogens is 3. The second-order valence-corrected chi connectivity index (χ2v) is 8.27. The van der Waals surface area contributed by atoms with Gasteiger partial charge in [-0.25, -0.2) is 9.97 Å². The Hall–Kier alpha value is -4.39. The maximum absolute atomic E-state index is 12.6. The molecule has 1 fully saturated rings. The molecule has 1 N–H and O–H groups in total. The van der Waals surface area contributed by atoms with Crippen LogP contribution in [0.2, 0.25) is 0 Å². The molecule has 34 heavy (non-hydrogen) atoms. The summed E-state index contributed by atoms with van der Waals surface area (Å²) < 4.78 is 0. The number of hydrogen-bond donors (Lipinski definition) is 1. The van der Waals surface area contributed by atoms with Crippen molar-refractivity contribution in [2.24, 2.45) is 0 Å². The zero-order chi connectivity index (χ0) is 23.5. The van der Waals surface area contributed by atoms with Crippen LogP contribution >= 0.6 is 0 Å². The molecule has 4 aromatic rings. The molecule has 1 saturated heterocycles. The zero-order valence-electron chi connectivity index (χ0n) is 18.5. The van der Waals surface area contributed by atoms with E-state index < -0.39 is 0 Å². The quantitative estimate of drug-likeness (QED) is 0.455. The van der Waals surface area contributed by atoms with Crippen LogP contribution in [0.4, 0.5) is 5.69 Å². The Labute approximate surface area is 197 Å². The van der Waals surface area contributed by atoms with Crippen LogP contribution < -0.4 is 5.32 Å². The number of benzene rings is 2. The minimum Gasteiger partial charge on any atom is -0.339 e. The topological polar surface area (TPSA) is 88.1 Å². The van der Waals surface area contributed by atoms with E-state index in [2.05, 4.69) is 39.0 Å². The molecule has 7 nitrogen and oxygen atoms in total. The highest BCUT2D eigenvalue weighted by atomic mass is 16.2. The summed E-state index contributed by atoms with van der Waals surface area (Å²) in [4.78, 5) is 39.2. The van der Waals surface area contributed by atoms with Crippen molar-refractivity contribution in [3.05, 3.63) is 97.2 Å². The van der Waals surface area contributed by atoms with E-state index in [1.165, 1.54) is 6.08 Å². The first-order chi connectivity index (χ1) is 16.6. The van der Waals surface area contributed by atoms with Crippen LogP contribution in [0, 0.1) is 0 Å². The summed E-state index contributed by atoms with van der Waals surface area (Å²) in [5, 5.41) is 3.82. The second kappa shape index (κ2) is 9.23. The maximum atomic E-state index is 12.6. The normalized spacial score (nSPS) is 15.3. The maximum Gasteiger partial charge on any atom is 0.255 e. The molecular weight excluding hydrogens is 426 g/mol. The number of amides is 2. The minimum atomic E-state index is -0.178. The molecule has 3 heterocycles. The van der Waals surface area contributed by atoms with Gasteiger partial charge in [-0.05, 0) is 65.6 Å². The van der Waals surface area contributed by atoms with Gasteiger partial charge in [0, 0.05) is 54.2 Å². The standard InChI is InChI=1S/C27H23N5O2/c1-2-25(33)32-12-9-20(16-32)24-14-21(13-22-15-29-17-30-26(22)24)18-3-5-19(6-4-18)27(34)31-23-7-10-28-11-8-23/h2-8,10-11,13-15,17,20H,1,9,12,16H2,(H,28,31,34). The molecule has 2 aromatic heterocycles. The molecule has 2 aromatic carbocycles. The van der Waals surface area contributed by atoms with Gasteiger partial charge >= 0.3 is 0 Å². The monoisotopic (exact) mass is 449 g/mol. The van der Waals surface area contributed by atoms with Gasteiger partial charge in [0.15, 0.2) is 0 Å². The van der Waals surface area contributed by atoms with Crippen molar-refractivity contribution < 1.29 is 9.59 Å². The fourth-order valence-electron chi connectivity index (χ4n) is 4.41. The van der Waals surface area contributed by atoms with E-state index in [0.717, 1.165) is 34.0 Å². The van der Waals surface area contributed by atoms with Gasteiger partial charge in [-0.15, -0.1) is 0 Å². The van der Waals surface area contributed by atoms with Gasteiger partial charge in [-0.3, -0.25) is 14.6 Å². The predicted octanol–water partition coefficient (Wildman–Crippen LogP) is 4.45. The Morgan fingerprint density at radius 1 is 1.03 bits per heavy atom. The highest BCUT2D eigenvalue weighted by molar-refractivity contribution is 6.04. The van der Waals surface area contributed by atoms with Crippen molar-refractivity contribution in [1.29, 1.82) is 0 Å². The van der Waals surface area contributed by atoms with Crippen LogP contribution in [-0.4, -0.2) is 44.8 Å². The van der Waals surface area contributed by atoms with E-state index in [1.54, 1.807) is 30.9 Å². The fraction of sp³-hybridized carbons (Fsp3) is 0.148. The van der Waals surface area contributed by atoms with Crippen LogP contribution in [0.1, 0.15) is 28.3 Å². The first-order valence-corrected chi connectivity index (χ1v) is 11.1. The average molecular weight is 450 g/mol. The molecule has 1 aliphatic rings. The molecule has 168 valence electrons. The molecule has 1 aliphatic heterocycles. The lowest BCUT2D eigenvalue weighted by atomic mass is 9.91. The fourth-order valence-corrected chi connectivity index (χ4v) is 4.41. The van der Waals surface area contributed by atoms with Gasteiger partial charge in [0.05, 0.1) is 5.52 Å². The Morgan fingerprint density at radius 3 is 2.59 bits per heavy atom. The molecule has 5 rings (SSSR count). The Kier molecular flexibility index (Phi) is 5.82. The Bertz CT molecular complexity index is 1370. The Morgan fingerprint density at radius 2 is 1.82 bits per heavy atom. The van der Waals surface area contributed by atoms with Gasteiger partial charge in [0.1, 0.15) is 6.33 Å². The van der Waals surface area contributed by atoms with Gasteiger partial charge in [-0.2, -0.15) is 0 Å². The first kappa shape index (κ1) is 21.5. The van der Waals surface area contributed by atoms with E-state index in [9.17, 15) is 9.59 Å². The van der Waals surface area contributed by atoms with Crippen LogP contribution in [0.5, 0.6) is 0 Å². The molecule has 0 radical (unpaired) electrons. The molecule has 1 unspecified atom stereocenters. The lowest BCUT2D eigenvalue weighted by Gasteiger charge is -2.17. The number of fused-ring (bicyclic) bond motifs is 1. The third-order valence-corrected chi connectivity index (χ3v) is 6.17. The number of nitrogens with one attached hydrogen (secondary N) is 1. The molecule has 7 heteroatoms. The molecule has 1 atom stereocenters. The number of nitrogens with zero attached hydrogens (tertiary/aromatic N) is 4. The smallest absolute Gasteiger partial charge is 0.255 e. The molecule has 0 saturated carbocycles. The molecule has 0 spiro atoms. The van der Waals surface area contributed by atoms with Crippen molar-refractivity contribution in [2.75, 3.05) is 18.4 Å². The number of pyridine rings is 1. The van der Waals surface area contributed by atoms with E-state index in [0.29, 0.717) is 24.3 Å². The largest absolute Gasteiger partial charge is 0.339 e. The van der Waals surface area contributed by atoms with Gasteiger partial charge in [0.2, 0.25) is 5.91 Å². The summed E-state index contributed by atoms with van der Waals surface area (Å²) in [5.74, 6) is -0.0341. The zero-order valence-corrected chi connectivity index (χ0v) is 18.5. The molecule has 2 amide bonds. The summed E-state index contributed by atoms with van der Waals surface area (Å²) in [6.45, 7) is 4.95. The van der Waals surface area contributed by atoms with Crippen LogP contribution in [-0.2, 0) is 4.79 Å². The van der Waals surface area contributed by atoms with Crippen molar-refractivity contribution in [3.8, 4) is 11.1 Å². The summed E-state index contributed by atoms with van der Waals surface area (Å²) >= 11 is 0. The lowest BCUT2D eigenvalue weighted by Crippen LogP contribution is -2.26. The summed E-state index contributed by atoms with van der Waals surface area (Å²) in [6, 6.07) is 15.2. The third-order valence-electron chi connectivity index (χ3n) is 6.17. The van der Waals surface area contributed by atoms with E-state index in [4.69, 9.17) is 0 Å². The van der Waals surface area contributed by atoms with Gasteiger partial charge in [-0.1, -0.05) is 18.7 Å². The highest BCUT2D eigenvalue weighted by Crippen LogP contribution is 2.35. The minimum absolute atomic E-state index is 0.0433. The number of hydrogen-bond acceptors (Lipinski definition) is 5. The van der Waals surface area contributed by atoms with E-state index in [-0.39, 0.29) is 17.7 Å². The van der Waals surface area contributed by atoms with Crippen molar-refractivity contribution in [3.63, 3.8) is 0 Å². The first-order valence-electron chi connectivity index (χ1n) is 11.1.